The molecule has 0 aromatic heterocycles. The van der Waals surface area contributed by atoms with Crippen LogP contribution in [0.25, 0.3) is 0 Å². The number of benzene rings is 2. The third-order valence-corrected chi connectivity index (χ3v) is 7.79. The van der Waals surface area contributed by atoms with Gasteiger partial charge >= 0.3 is 5.97 Å². The van der Waals surface area contributed by atoms with Crippen molar-refractivity contribution in [3.63, 3.8) is 0 Å². The number of hydrogen-bond acceptors (Lipinski definition) is 8. The largest absolute Gasteiger partial charge is 0.494 e. The number of rotatable bonds is 11. The smallest absolute Gasteiger partial charge is 0.317 e. The molecule has 2 aromatic rings. The lowest BCUT2D eigenvalue weighted by atomic mass is 9.84. The quantitative estimate of drug-likeness (QED) is 0.358. The molecule has 4 rings (SSSR count). The highest BCUT2D eigenvalue weighted by atomic mass is 35.5. The molecule has 0 unspecified atom stereocenters. The molecule has 2 aromatic carbocycles. The van der Waals surface area contributed by atoms with Crippen molar-refractivity contribution in [2.24, 2.45) is 4.51 Å². The number of carbonyl (C=O) groups is 2. The van der Waals surface area contributed by atoms with Crippen LogP contribution in [0.4, 0.5) is 10.1 Å². The molecule has 0 bridgehead atoms. The van der Waals surface area contributed by atoms with E-state index in [1.54, 1.807) is 25.0 Å². The van der Waals surface area contributed by atoms with Gasteiger partial charge in [0.05, 0.1) is 44.7 Å². The molecular formula is C31H40ClFN4O6. The third-order valence-electron chi connectivity index (χ3n) is 7.63. The monoisotopic (exact) mass is 618 g/mol. The molecular weight excluding hydrogens is 579 g/mol. The van der Waals surface area contributed by atoms with E-state index in [-0.39, 0.29) is 54.6 Å². The van der Waals surface area contributed by atoms with E-state index in [1.807, 2.05) is 24.0 Å². The second-order valence-corrected chi connectivity index (χ2v) is 11.8. The van der Waals surface area contributed by atoms with Gasteiger partial charge in [-0.05, 0) is 43.0 Å². The van der Waals surface area contributed by atoms with Gasteiger partial charge in [0.15, 0.2) is 28.9 Å². The number of Topliss-reactive ketones (excluding diaryl/α,β-unsaturated/α-hetero) is 1. The first-order valence-electron chi connectivity index (χ1n) is 14.4. The normalized spacial score (nSPS) is 16.4. The fourth-order valence-electron chi connectivity index (χ4n) is 5.62. The van der Waals surface area contributed by atoms with Gasteiger partial charge in [0.25, 0.3) is 0 Å². The van der Waals surface area contributed by atoms with Crippen LogP contribution in [-0.4, -0.2) is 92.1 Å². The van der Waals surface area contributed by atoms with Crippen molar-refractivity contribution < 1.29 is 33.3 Å². The SMILES string of the molecule is CCOc1cc2c(c(F)c1OCC)/C(=N/Cl)N(CC(=O)c1cc(N3CCN(CC(=O)O)CC3)c(OC)c(C(C)(C)C)c1)C2. The summed E-state index contributed by atoms with van der Waals surface area (Å²) in [6.07, 6.45) is 0. The molecule has 2 aliphatic heterocycles. The third kappa shape index (κ3) is 6.83. The summed E-state index contributed by atoms with van der Waals surface area (Å²) in [4.78, 5) is 30.8. The van der Waals surface area contributed by atoms with Crippen LogP contribution in [0.5, 0.6) is 17.2 Å². The number of ether oxygens (including phenoxy) is 3. The molecule has 0 aliphatic carbocycles. The lowest BCUT2D eigenvalue weighted by Crippen LogP contribution is -2.48. The molecule has 43 heavy (non-hydrogen) atoms. The fraction of sp³-hybridized carbons (Fsp3) is 0.516. The van der Waals surface area contributed by atoms with Gasteiger partial charge in [-0.25, -0.2) is 4.39 Å². The first-order chi connectivity index (χ1) is 20.4. The van der Waals surface area contributed by atoms with E-state index in [1.165, 1.54) is 0 Å². The summed E-state index contributed by atoms with van der Waals surface area (Å²) in [7, 11) is 1.61. The van der Waals surface area contributed by atoms with Crippen molar-refractivity contribution in [1.82, 2.24) is 9.80 Å². The summed E-state index contributed by atoms with van der Waals surface area (Å²) < 4.78 is 36.7. The molecule has 10 nitrogen and oxygen atoms in total. The molecule has 12 heteroatoms. The minimum atomic E-state index is -0.860. The molecule has 1 saturated heterocycles. The number of carbonyl (C=O) groups excluding carboxylic acids is 1. The number of carboxylic acids is 1. The van der Waals surface area contributed by atoms with E-state index in [9.17, 15) is 14.7 Å². The Morgan fingerprint density at radius 1 is 1.02 bits per heavy atom. The standard InChI is InChI=1S/C31H40ClFN4O6/c1-7-42-24-15-20-16-37(30(34-32)26(20)27(33)29(24)43-8-2)17-23(38)19-13-21(31(3,4)5)28(41-6)22(14-19)36-11-9-35(10-12-36)18-25(39)40/h13-15H,7-12,16-18H2,1-6H3,(H,39,40)/b34-30-. The van der Waals surface area contributed by atoms with Gasteiger partial charge < -0.3 is 29.1 Å². The summed E-state index contributed by atoms with van der Waals surface area (Å²) in [6.45, 7) is 12.7. The van der Waals surface area contributed by atoms with Gasteiger partial charge in [-0.15, -0.1) is 0 Å². The summed E-state index contributed by atoms with van der Waals surface area (Å²) in [5, 5.41) is 9.19. The maximum Gasteiger partial charge on any atom is 0.317 e. The highest BCUT2D eigenvalue weighted by Crippen LogP contribution is 2.42. The zero-order valence-corrected chi connectivity index (χ0v) is 26.4. The zero-order chi connectivity index (χ0) is 31.5. The maximum atomic E-state index is 15.7. The number of nitrogens with zero attached hydrogens (tertiary/aromatic N) is 4. The number of amidine groups is 1. The van der Waals surface area contributed by atoms with Crippen molar-refractivity contribution in [2.75, 3.05) is 64.5 Å². The first kappa shape index (κ1) is 32.3. The Bertz CT molecular complexity index is 1400. The number of fused-ring (bicyclic) bond motifs is 1. The molecule has 2 heterocycles. The van der Waals surface area contributed by atoms with Crippen LogP contribution in [0.15, 0.2) is 22.7 Å². The molecule has 1 N–H and O–H groups in total. The van der Waals surface area contributed by atoms with Crippen molar-refractivity contribution >= 4 is 35.1 Å². The minimum absolute atomic E-state index is 0.00726. The molecule has 1 fully saturated rings. The van der Waals surface area contributed by atoms with Crippen LogP contribution in [0.2, 0.25) is 0 Å². The van der Waals surface area contributed by atoms with Crippen molar-refractivity contribution in [1.29, 1.82) is 0 Å². The van der Waals surface area contributed by atoms with Gasteiger partial charge in [-0.3, -0.25) is 14.5 Å². The summed E-state index contributed by atoms with van der Waals surface area (Å²) in [6, 6.07) is 5.39. The molecule has 0 spiro atoms. The number of methoxy groups -OCH3 is 1. The van der Waals surface area contributed by atoms with Crippen LogP contribution < -0.4 is 19.1 Å². The second kappa shape index (κ2) is 13.4. The highest BCUT2D eigenvalue weighted by molar-refractivity contribution is 6.23. The number of aliphatic carboxylic acids is 1. The molecule has 0 radical (unpaired) electrons. The van der Waals surface area contributed by atoms with E-state index >= 15 is 4.39 Å². The average Bonchev–Trinajstić information content (AvgIpc) is 3.31. The highest BCUT2D eigenvalue weighted by Gasteiger charge is 2.35. The maximum absolute atomic E-state index is 15.7. The number of anilines is 1. The zero-order valence-electron chi connectivity index (χ0n) is 25.6. The van der Waals surface area contributed by atoms with Crippen LogP contribution in [-0.2, 0) is 16.8 Å². The number of piperazine rings is 1. The Labute approximate surface area is 257 Å². The topological polar surface area (TPSA) is 104 Å². The Kier molecular flexibility index (Phi) is 10.1. The molecule has 2 aliphatic rings. The molecule has 234 valence electrons. The second-order valence-electron chi connectivity index (χ2n) is 11.6. The summed E-state index contributed by atoms with van der Waals surface area (Å²) in [5.74, 6) is -0.554. The van der Waals surface area contributed by atoms with Gasteiger partial charge in [-0.1, -0.05) is 20.8 Å². The fourth-order valence-corrected chi connectivity index (χ4v) is 5.81. The Balaban J connectivity index is 1.67. The predicted molar refractivity (Wildman–Crippen MR) is 164 cm³/mol. The van der Waals surface area contributed by atoms with E-state index in [0.717, 1.165) is 11.3 Å². The lowest BCUT2D eigenvalue weighted by Gasteiger charge is -2.37. The van der Waals surface area contributed by atoms with Crippen molar-refractivity contribution in [2.45, 2.75) is 46.6 Å². The summed E-state index contributed by atoms with van der Waals surface area (Å²) in [5.41, 5.74) is 2.57. The van der Waals surface area contributed by atoms with E-state index in [4.69, 9.17) is 26.0 Å². The van der Waals surface area contributed by atoms with Gasteiger partial charge in [0.1, 0.15) is 5.75 Å². The van der Waals surface area contributed by atoms with Crippen LogP contribution in [0, 0.1) is 5.82 Å². The molecule has 0 amide bonds. The molecule has 0 atom stereocenters. The number of carboxylic acid groups (broad SMARTS) is 1. The number of ketones is 1. The van der Waals surface area contributed by atoms with Crippen LogP contribution in [0.3, 0.4) is 0 Å². The van der Waals surface area contributed by atoms with Crippen LogP contribution >= 0.6 is 11.8 Å². The first-order valence-corrected chi connectivity index (χ1v) is 14.8. The minimum Gasteiger partial charge on any atom is -0.494 e. The molecule has 0 saturated carbocycles. The van der Waals surface area contributed by atoms with Crippen LogP contribution in [0.1, 0.15) is 61.7 Å². The van der Waals surface area contributed by atoms with E-state index in [2.05, 4.69) is 30.2 Å². The van der Waals surface area contributed by atoms with Crippen molar-refractivity contribution in [3.8, 4) is 17.2 Å². The van der Waals surface area contributed by atoms with E-state index < -0.39 is 11.8 Å². The van der Waals surface area contributed by atoms with E-state index in [0.29, 0.717) is 55.4 Å². The summed E-state index contributed by atoms with van der Waals surface area (Å²) >= 11 is 5.99. The van der Waals surface area contributed by atoms with Gasteiger partial charge in [-0.2, -0.15) is 4.51 Å². The lowest BCUT2D eigenvalue weighted by molar-refractivity contribution is -0.138. The number of hydrogen-bond donors (Lipinski definition) is 1. The average molecular weight is 619 g/mol. The Morgan fingerprint density at radius 2 is 1.70 bits per heavy atom. The van der Waals surface area contributed by atoms with Gasteiger partial charge in [0, 0.05) is 55.6 Å². The predicted octanol–water partition coefficient (Wildman–Crippen LogP) is 4.73. The van der Waals surface area contributed by atoms with Crippen molar-refractivity contribution in [3.05, 3.63) is 46.3 Å². The number of halogens is 2. The Hall–Kier alpha value is -3.57. The van der Waals surface area contributed by atoms with Gasteiger partial charge in [0.2, 0.25) is 0 Å². The Morgan fingerprint density at radius 3 is 2.26 bits per heavy atom.